The van der Waals surface area contributed by atoms with Gasteiger partial charge in [0.1, 0.15) is 22.1 Å². The van der Waals surface area contributed by atoms with Crippen molar-refractivity contribution in [3.8, 4) is 28.7 Å². The van der Waals surface area contributed by atoms with Gasteiger partial charge in [0.05, 0.1) is 31.4 Å². The van der Waals surface area contributed by atoms with E-state index in [2.05, 4.69) is 20.5 Å². The molecule has 43 heavy (non-hydrogen) atoms. The highest BCUT2D eigenvalue weighted by Crippen LogP contribution is 2.31. The molecule has 2 amide bonds. The number of aliphatic hydroxyl groups excluding tert-OH is 1. The summed E-state index contributed by atoms with van der Waals surface area (Å²) < 4.78 is 22.5. The first-order chi connectivity index (χ1) is 20.7. The van der Waals surface area contributed by atoms with Crippen LogP contribution in [0, 0.1) is 12.8 Å². The third-order valence-corrected chi connectivity index (χ3v) is 7.52. The summed E-state index contributed by atoms with van der Waals surface area (Å²) in [6, 6.07) is 11.6. The molecule has 1 aliphatic rings. The van der Waals surface area contributed by atoms with Crippen LogP contribution in [0.25, 0.3) is 11.5 Å². The predicted octanol–water partition coefficient (Wildman–Crippen LogP) is 4.07. The van der Waals surface area contributed by atoms with Crippen LogP contribution in [-0.4, -0.2) is 69.8 Å². The molecule has 3 heterocycles. The summed E-state index contributed by atoms with van der Waals surface area (Å²) in [7, 11) is 1.75. The molecule has 2 N–H and O–H groups in total. The van der Waals surface area contributed by atoms with E-state index in [1.165, 1.54) is 12.1 Å². The van der Waals surface area contributed by atoms with Crippen molar-refractivity contribution in [1.82, 2.24) is 20.1 Å². The molecule has 0 aliphatic carbocycles. The lowest BCUT2D eigenvalue weighted by Gasteiger charge is -2.14. The lowest BCUT2D eigenvalue weighted by Crippen LogP contribution is -2.25. The number of anilines is 1. The molecule has 14 heteroatoms. The largest absolute Gasteiger partial charge is 0.493 e. The Hall–Kier alpha value is -4.82. The number of hydrogen-bond donors (Lipinski definition) is 2. The average Bonchev–Trinajstić information content (AvgIpc) is 3.71. The van der Waals surface area contributed by atoms with Crippen LogP contribution in [0.5, 0.6) is 17.2 Å². The average molecular weight is 608 g/mol. The fourth-order valence-corrected chi connectivity index (χ4v) is 5.21. The zero-order chi connectivity index (χ0) is 30.5. The molecule has 4 aromatic rings. The minimum Gasteiger partial charge on any atom is -0.493 e. The SMILES string of the molecule is CCOC(=O)c1sc(NC(=O)c2cc(OCC3CCN(C)C3=O)cc(Oc3ccc(-c4nnc(C)o4)cc3)c2)nc1CO. The molecule has 13 nitrogen and oxygen atoms in total. The van der Waals surface area contributed by atoms with Crippen molar-refractivity contribution in [2.45, 2.75) is 26.9 Å². The van der Waals surface area contributed by atoms with Gasteiger partial charge in [0.25, 0.3) is 5.91 Å². The minimum atomic E-state index is -0.636. The molecular formula is C29H29N5O8S. The third-order valence-electron chi connectivity index (χ3n) is 6.52. The maximum absolute atomic E-state index is 13.3. The topological polar surface area (TPSA) is 166 Å². The number of rotatable bonds is 11. The Morgan fingerprint density at radius 2 is 1.91 bits per heavy atom. The van der Waals surface area contributed by atoms with Gasteiger partial charge in [0.15, 0.2) is 5.13 Å². The quantitative estimate of drug-likeness (QED) is 0.236. The Labute approximate surface area is 250 Å². The highest BCUT2D eigenvalue weighted by atomic mass is 32.1. The molecule has 0 saturated carbocycles. The molecule has 0 radical (unpaired) electrons. The first-order valence-corrected chi connectivity index (χ1v) is 14.3. The van der Waals surface area contributed by atoms with Gasteiger partial charge in [-0.1, -0.05) is 11.3 Å². The number of carbonyl (C=O) groups is 3. The van der Waals surface area contributed by atoms with Crippen LogP contribution < -0.4 is 14.8 Å². The number of aromatic nitrogens is 3. The number of amides is 2. The summed E-state index contributed by atoms with van der Waals surface area (Å²) in [6.07, 6.45) is 0.671. The summed E-state index contributed by atoms with van der Waals surface area (Å²) in [5, 5.41) is 20.3. The number of esters is 1. The smallest absolute Gasteiger partial charge is 0.350 e. The van der Waals surface area contributed by atoms with Crippen molar-refractivity contribution in [1.29, 1.82) is 0 Å². The van der Waals surface area contributed by atoms with Gasteiger partial charge in [0, 0.05) is 37.7 Å². The monoisotopic (exact) mass is 607 g/mol. The van der Waals surface area contributed by atoms with Crippen LogP contribution >= 0.6 is 11.3 Å². The van der Waals surface area contributed by atoms with E-state index in [0.29, 0.717) is 47.6 Å². The Balaban J connectivity index is 1.38. The molecular weight excluding hydrogens is 578 g/mol. The van der Waals surface area contributed by atoms with Crippen molar-refractivity contribution in [3.05, 3.63) is 64.5 Å². The number of ether oxygens (including phenoxy) is 3. The number of aryl methyl sites for hydroxylation is 1. The van der Waals surface area contributed by atoms with E-state index in [0.717, 1.165) is 11.3 Å². The Morgan fingerprint density at radius 1 is 1.14 bits per heavy atom. The Kier molecular flexibility index (Phi) is 8.97. The third kappa shape index (κ3) is 6.98. The summed E-state index contributed by atoms with van der Waals surface area (Å²) in [4.78, 5) is 43.8. The van der Waals surface area contributed by atoms with Crippen molar-refractivity contribution < 1.29 is 38.1 Å². The number of hydrogen-bond acceptors (Lipinski definition) is 12. The number of carbonyl (C=O) groups excluding carboxylic acids is 3. The second-order valence-corrected chi connectivity index (χ2v) is 10.6. The second-order valence-electron chi connectivity index (χ2n) is 9.63. The Bertz CT molecular complexity index is 1630. The van der Waals surface area contributed by atoms with Crippen LogP contribution in [-0.2, 0) is 16.1 Å². The van der Waals surface area contributed by atoms with Crippen LogP contribution in [0.15, 0.2) is 46.9 Å². The second kappa shape index (κ2) is 13.0. The van der Waals surface area contributed by atoms with Crippen LogP contribution in [0.1, 0.15) is 45.0 Å². The molecule has 2 aromatic heterocycles. The highest BCUT2D eigenvalue weighted by Gasteiger charge is 2.29. The first kappa shape index (κ1) is 29.7. The van der Waals surface area contributed by atoms with Gasteiger partial charge in [-0.15, -0.1) is 10.2 Å². The summed E-state index contributed by atoms with van der Waals surface area (Å²) in [6.45, 7) is 3.82. The van der Waals surface area contributed by atoms with Crippen molar-refractivity contribution in [3.63, 3.8) is 0 Å². The van der Waals surface area contributed by atoms with E-state index >= 15 is 0 Å². The molecule has 1 unspecified atom stereocenters. The summed E-state index contributed by atoms with van der Waals surface area (Å²) in [5.41, 5.74) is 0.994. The molecule has 1 atom stereocenters. The lowest BCUT2D eigenvalue weighted by atomic mass is 10.1. The van der Waals surface area contributed by atoms with Crippen molar-refractivity contribution in [2.75, 3.05) is 32.1 Å². The van der Waals surface area contributed by atoms with Crippen LogP contribution in [0.2, 0.25) is 0 Å². The van der Waals surface area contributed by atoms with E-state index < -0.39 is 18.5 Å². The van der Waals surface area contributed by atoms with Gasteiger partial charge in [0.2, 0.25) is 17.7 Å². The van der Waals surface area contributed by atoms with Crippen molar-refractivity contribution in [2.24, 2.45) is 5.92 Å². The highest BCUT2D eigenvalue weighted by molar-refractivity contribution is 7.17. The van der Waals surface area contributed by atoms with Crippen LogP contribution in [0.3, 0.4) is 0 Å². The van der Waals surface area contributed by atoms with E-state index in [9.17, 15) is 19.5 Å². The molecule has 2 aromatic carbocycles. The van der Waals surface area contributed by atoms with E-state index in [-0.39, 0.29) is 46.3 Å². The standard InChI is InChI=1S/C29H29N5O8S/c1-4-39-28(38)24-23(14-35)30-29(43-24)31-25(36)19-11-21(40-15-18-9-10-34(3)27(18)37)13-22(12-19)42-20-7-5-17(6-8-20)26-33-32-16(2)41-26/h5-8,11-13,18,35H,4,9-10,14-15H2,1-3H3,(H,30,31,36). The van der Waals surface area contributed by atoms with Gasteiger partial charge in [-0.2, -0.15) is 0 Å². The molecule has 224 valence electrons. The van der Waals surface area contributed by atoms with Gasteiger partial charge in [-0.3, -0.25) is 14.9 Å². The Morgan fingerprint density at radius 3 is 2.56 bits per heavy atom. The van der Waals surface area contributed by atoms with E-state index in [1.54, 1.807) is 56.1 Å². The first-order valence-electron chi connectivity index (χ1n) is 13.4. The maximum Gasteiger partial charge on any atom is 0.350 e. The minimum absolute atomic E-state index is 0.00256. The zero-order valence-corrected chi connectivity index (χ0v) is 24.5. The molecule has 0 spiro atoms. The predicted molar refractivity (Wildman–Crippen MR) is 154 cm³/mol. The van der Waals surface area contributed by atoms with Gasteiger partial charge in [-0.05, 0) is 49.7 Å². The molecule has 1 saturated heterocycles. The van der Waals surface area contributed by atoms with Gasteiger partial charge >= 0.3 is 5.97 Å². The number of thiazole rings is 1. The number of nitrogens with zero attached hydrogens (tertiary/aromatic N) is 4. The zero-order valence-electron chi connectivity index (χ0n) is 23.7. The molecule has 5 rings (SSSR count). The van der Waals surface area contributed by atoms with Gasteiger partial charge in [-0.25, -0.2) is 9.78 Å². The maximum atomic E-state index is 13.3. The number of likely N-dealkylation sites (tertiary alicyclic amines) is 1. The van der Waals surface area contributed by atoms with E-state index in [4.69, 9.17) is 18.6 Å². The van der Waals surface area contributed by atoms with Gasteiger partial charge < -0.3 is 28.6 Å². The number of benzene rings is 2. The fourth-order valence-electron chi connectivity index (χ4n) is 4.34. The normalized spacial score (nSPS) is 14.6. The van der Waals surface area contributed by atoms with E-state index in [1.807, 2.05) is 0 Å². The molecule has 0 bridgehead atoms. The molecule has 1 fully saturated rings. The summed E-state index contributed by atoms with van der Waals surface area (Å²) >= 11 is 0.895. The summed E-state index contributed by atoms with van der Waals surface area (Å²) in [5.74, 6) is 0.457. The van der Waals surface area contributed by atoms with Crippen LogP contribution in [0.4, 0.5) is 5.13 Å². The molecule has 1 aliphatic heterocycles. The number of aliphatic hydroxyl groups is 1. The fraction of sp³-hybridized carbons (Fsp3) is 0.310. The van der Waals surface area contributed by atoms with Crippen molar-refractivity contribution >= 4 is 34.3 Å². The number of nitrogens with one attached hydrogen (secondary N) is 1. The lowest BCUT2D eigenvalue weighted by molar-refractivity contribution is -0.130.